The molecule has 0 aliphatic carbocycles. The normalized spacial score (nSPS) is 10.9. The third kappa shape index (κ3) is 4.93. The van der Waals surface area contributed by atoms with Gasteiger partial charge in [0.1, 0.15) is 5.52 Å². The maximum absolute atomic E-state index is 12.7. The lowest BCUT2D eigenvalue weighted by molar-refractivity contribution is 0.0952. The van der Waals surface area contributed by atoms with Crippen molar-refractivity contribution >= 4 is 34.6 Å². The first kappa shape index (κ1) is 21.3. The van der Waals surface area contributed by atoms with E-state index in [1.165, 1.54) is 6.20 Å². The third-order valence-electron chi connectivity index (χ3n) is 4.56. The van der Waals surface area contributed by atoms with Crippen molar-refractivity contribution in [3.8, 4) is 0 Å². The van der Waals surface area contributed by atoms with E-state index in [4.69, 9.17) is 10.5 Å². The predicted octanol–water partition coefficient (Wildman–Crippen LogP) is 2.44. The van der Waals surface area contributed by atoms with Crippen LogP contribution in [0.1, 0.15) is 40.5 Å². The Balaban J connectivity index is 1.90. The maximum Gasteiger partial charge on any atom is 0.258 e. The Morgan fingerprint density at radius 3 is 2.77 bits per heavy atom. The molecule has 4 N–H and O–H groups in total. The molecule has 0 saturated carbocycles. The Morgan fingerprint density at radius 1 is 1.20 bits per heavy atom. The average molecular weight is 410 g/mol. The van der Waals surface area contributed by atoms with E-state index in [-0.39, 0.29) is 11.8 Å². The summed E-state index contributed by atoms with van der Waals surface area (Å²) in [5.74, 6) is -0.214. The van der Waals surface area contributed by atoms with Crippen LogP contribution in [0.25, 0.3) is 11.2 Å². The molecule has 2 amide bonds. The molecule has 0 unspecified atom stereocenters. The standard InChI is InChI=1S/C21H26N6O3/c1-3-4-8-23-19(28)15-12-17-18(24-13-15)27(9-10-30-2)21(25-17)26-20(29)14-6-5-7-16(22)11-14/h5-7,11-13H,3-4,8-10,22H2,1-2H3,(H,23,28)(H,25,26,29). The number of carbonyl (C=O) groups is 2. The number of fused-ring (bicyclic) bond motifs is 1. The lowest BCUT2D eigenvalue weighted by atomic mass is 10.2. The summed E-state index contributed by atoms with van der Waals surface area (Å²) in [5.41, 5.74) is 8.17. The molecule has 3 rings (SSSR count). The highest BCUT2D eigenvalue weighted by molar-refractivity contribution is 6.04. The summed E-state index contributed by atoms with van der Waals surface area (Å²) in [6, 6.07) is 8.35. The number of hydrogen-bond donors (Lipinski definition) is 3. The molecular weight excluding hydrogens is 384 g/mol. The van der Waals surface area contributed by atoms with Gasteiger partial charge in [0.25, 0.3) is 11.8 Å². The SMILES string of the molecule is CCCCNC(=O)c1cnc2c(c1)nc(NC(=O)c1cccc(N)c1)n2CCOC. The molecule has 1 aromatic carbocycles. The fraction of sp³-hybridized carbons (Fsp3) is 0.333. The van der Waals surface area contributed by atoms with Crippen LogP contribution in [0.4, 0.5) is 11.6 Å². The molecule has 0 aliphatic rings. The number of benzene rings is 1. The molecule has 0 fully saturated rings. The molecule has 0 radical (unpaired) electrons. The minimum absolute atomic E-state index is 0.199. The molecule has 0 saturated heterocycles. The number of unbranched alkanes of at least 4 members (excludes halogenated alkanes) is 1. The topological polar surface area (TPSA) is 124 Å². The second-order valence-electron chi connectivity index (χ2n) is 6.84. The van der Waals surface area contributed by atoms with Crippen molar-refractivity contribution in [3.05, 3.63) is 47.7 Å². The first-order valence-electron chi connectivity index (χ1n) is 9.83. The predicted molar refractivity (Wildman–Crippen MR) is 115 cm³/mol. The number of anilines is 2. The van der Waals surface area contributed by atoms with Gasteiger partial charge in [-0.3, -0.25) is 19.5 Å². The van der Waals surface area contributed by atoms with Gasteiger partial charge in [0.2, 0.25) is 5.95 Å². The van der Waals surface area contributed by atoms with Gasteiger partial charge >= 0.3 is 0 Å². The Kier molecular flexibility index (Phi) is 6.97. The number of methoxy groups -OCH3 is 1. The second kappa shape index (κ2) is 9.84. The number of nitrogens with one attached hydrogen (secondary N) is 2. The van der Waals surface area contributed by atoms with Crippen molar-refractivity contribution in [1.82, 2.24) is 19.9 Å². The largest absolute Gasteiger partial charge is 0.399 e. The van der Waals surface area contributed by atoms with Crippen LogP contribution in [0.15, 0.2) is 36.5 Å². The van der Waals surface area contributed by atoms with E-state index in [2.05, 4.69) is 27.5 Å². The molecule has 2 aromatic heterocycles. The van der Waals surface area contributed by atoms with E-state index in [0.717, 1.165) is 12.8 Å². The minimum atomic E-state index is -0.339. The molecule has 9 nitrogen and oxygen atoms in total. The van der Waals surface area contributed by atoms with E-state index in [9.17, 15) is 9.59 Å². The Hall–Kier alpha value is -3.46. The van der Waals surface area contributed by atoms with Gasteiger partial charge in [-0.15, -0.1) is 0 Å². The number of pyridine rings is 1. The highest BCUT2D eigenvalue weighted by Crippen LogP contribution is 2.20. The van der Waals surface area contributed by atoms with Gasteiger partial charge in [-0.2, -0.15) is 0 Å². The number of amides is 2. The van der Waals surface area contributed by atoms with Crippen LogP contribution < -0.4 is 16.4 Å². The van der Waals surface area contributed by atoms with Gasteiger partial charge in [0, 0.05) is 31.1 Å². The highest BCUT2D eigenvalue weighted by atomic mass is 16.5. The number of carbonyl (C=O) groups excluding carboxylic acids is 2. The number of hydrogen-bond acceptors (Lipinski definition) is 6. The molecular formula is C21H26N6O3. The molecule has 2 heterocycles. The van der Waals surface area contributed by atoms with Gasteiger partial charge in [0.05, 0.1) is 18.7 Å². The molecule has 3 aromatic rings. The van der Waals surface area contributed by atoms with E-state index >= 15 is 0 Å². The lowest BCUT2D eigenvalue weighted by Crippen LogP contribution is -2.24. The lowest BCUT2D eigenvalue weighted by Gasteiger charge is -2.09. The molecule has 0 aliphatic heterocycles. The fourth-order valence-corrected chi connectivity index (χ4v) is 2.96. The van der Waals surface area contributed by atoms with E-state index in [0.29, 0.717) is 53.6 Å². The van der Waals surface area contributed by atoms with Crippen LogP contribution in [0.3, 0.4) is 0 Å². The third-order valence-corrected chi connectivity index (χ3v) is 4.56. The van der Waals surface area contributed by atoms with E-state index < -0.39 is 0 Å². The van der Waals surface area contributed by atoms with Crippen molar-refractivity contribution in [3.63, 3.8) is 0 Å². The highest BCUT2D eigenvalue weighted by Gasteiger charge is 2.17. The smallest absolute Gasteiger partial charge is 0.258 e. The van der Waals surface area contributed by atoms with Gasteiger partial charge in [-0.25, -0.2) is 9.97 Å². The van der Waals surface area contributed by atoms with Gasteiger partial charge in [0.15, 0.2) is 5.65 Å². The maximum atomic E-state index is 12.7. The number of nitrogens with zero attached hydrogens (tertiary/aromatic N) is 3. The Bertz CT molecular complexity index is 1050. The first-order chi connectivity index (χ1) is 14.5. The summed E-state index contributed by atoms with van der Waals surface area (Å²) in [6.45, 7) is 3.52. The monoisotopic (exact) mass is 410 g/mol. The first-order valence-corrected chi connectivity index (χ1v) is 9.83. The van der Waals surface area contributed by atoms with Crippen LogP contribution in [0.5, 0.6) is 0 Å². The van der Waals surface area contributed by atoms with Crippen molar-refractivity contribution < 1.29 is 14.3 Å². The molecule has 0 spiro atoms. The van der Waals surface area contributed by atoms with Crippen molar-refractivity contribution in [2.45, 2.75) is 26.3 Å². The zero-order chi connectivity index (χ0) is 21.5. The minimum Gasteiger partial charge on any atom is -0.399 e. The summed E-state index contributed by atoms with van der Waals surface area (Å²) < 4.78 is 6.92. The van der Waals surface area contributed by atoms with Crippen molar-refractivity contribution in [2.24, 2.45) is 0 Å². The van der Waals surface area contributed by atoms with Crippen LogP contribution >= 0.6 is 0 Å². The zero-order valence-corrected chi connectivity index (χ0v) is 17.1. The van der Waals surface area contributed by atoms with Gasteiger partial charge in [-0.05, 0) is 30.7 Å². The van der Waals surface area contributed by atoms with Crippen molar-refractivity contribution in [1.29, 1.82) is 0 Å². The number of aromatic nitrogens is 3. The summed E-state index contributed by atoms with van der Waals surface area (Å²) in [4.78, 5) is 33.9. The van der Waals surface area contributed by atoms with E-state index in [1.54, 1.807) is 42.0 Å². The van der Waals surface area contributed by atoms with Crippen molar-refractivity contribution in [2.75, 3.05) is 31.3 Å². The molecule has 30 heavy (non-hydrogen) atoms. The Morgan fingerprint density at radius 2 is 2.03 bits per heavy atom. The number of nitrogens with two attached hydrogens (primary N) is 1. The summed E-state index contributed by atoms with van der Waals surface area (Å²) in [6.07, 6.45) is 3.42. The van der Waals surface area contributed by atoms with Crippen LogP contribution in [0, 0.1) is 0 Å². The van der Waals surface area contributed by atoms with E-state index in [1.807, 2.05) is 0 Å². The Labute approximate surface area is 174 Å². The van der Waals surface area contributed by atoms with Crippen LogP contribution in [0.2, 0.25) is 0 Å². The second-order valence-corrected chi connectivity index (χ2v) is 6.84. The number of imidazole rings is 1. The number of ether oxygens (including phenoxy) is 1. The number of rotatable bonds is 9. The number of nitrogen functional groups attached to an aromatic ring is 1. The summed E-state index contributed by atoms with van der Waals surface area (Å²) in [5, 5.41) is 5.67. The fourth-order valence-electron chi connectivity index (χ4n) is 2.96. The summed E-state index contributed by atoms with van der Waals surface area (Å²) >= 11 is 0. The zero-order valence-electron chi connectivity index (χ0n) is 17.1. The molecule has 9 heteroatoms. The van der Waals surface area contributed by atoms with Gasteiger partial charge in [-0.1, -0.05) is 19.4 Å². The van der Waals surface area contributed by atoms with Crippen LogP contribution in [-0.4, -0.2) is 46.6 Å². The quantitative estimate of drug-likeness (QED) is 0.368. The molecule has 0 bridgehead atoms. The average Bonchev–Trinajstić information content (AvgIpc) is 3.08. The van der Waals surface area contributed by atoms with Crippen LogP contribution in [-0.2, 0) is 11.3 Å². The molecule has 0 atom stereocenters. The summed E-state index contributed by atoms with van der Waals surface area (Å²) in [7, 11) is 1.59. The van der Waals surface area contributed by atoms with Gasteiger partial charge < -0.3 is 15.8 Å². The molecule has 158 valence electrons.